The van der Waals surface area contributed by atoms with Crippen molar-refractivity contribution in [1.82, 2.24) is 9.97 Å². The zero-order chi connectivity index (χ0) is 12.6. The largest absolute Gasteiger partial charge is 0.396 e. The molecule has 90 valence electrons. The molecule has 2 nitrogen and oxygen atoms in total. The van der Waals surface area contributed by atoms with Crippen molar-refractivity contribution < 1.29 is 13.2 Å². The van der Waals surface area contributed by atoms with Crippen molar-refractivity contribution in [3.05, 3.63) is 22.7 Å². The fourth-order valence-electron chi connectivity index (χ4n) is 1.11. The Labute approximate surface area is 96.9 Å². The van der Waals surface area contributed by atoms with E-state index in [0.717, 1.165) is 0 Å². The third kappa shape index (κ3) is 3.96. The number of hydrogen-bond donors (Lipinski definition) is 0. The highest BCUT2D eigenvalue weighted by molar-refractivity contribution is 6.29. The lowest BCUT2D eigenvalue weighted by Crippen LogP contribution is -2.19. The van der Waals surface area contributed by atoms with E-state index in [4.69, 9.17) is 11.6 Å². The quantitative estimate of drug-likeness (QED) is 0.715. The molecule has 0 spiro atoms. The predicted molar refractivity (Wildman–Crippen MR) is 55.5 cm³/mol. The van der Waals surface area contributed by atoms with Crippen LogP contribution in [0, 0.1) is 0 Å². The van der Waals surface area contributed by atoms with Gasteiger partial charge in [0.1, 0.15) is 17.4 Å². The van der Waals surface area contributed by atoms with Gasteiger partial charge in [-0.2, -0.15) is 13.2 Å². The molecule has 0 radical (unpaired) electrons. The molecule has 1 heterocycles. The molecule has 0 atom stereocenters. The van der Waals surface area contributed by atoms with Crippen molar-refractivity contribution >= 4 is 11.6 Å². The second-order valence-corrected chi connectivity index (χ2v) is 4.92. The fourth-order valence-corrected chi connectivity index (χ4v) is 1.31. The zero-order valence-corrected chi connectivity index (χ0v) is 9.95. The maximum atomic E-state index is 12.2. The van der Waals surface area contributed by atoms with Crippen LogP contribution in [0.2, 0.25) is 5.15 Å². The van der Waals surface area contributed by atoms with E-state index in [0.29, 0.717) is 5.69 Å². The van der Waals surface area contributed by atoms with E-state index in [1.807, 2.05) is 20.8 Å². The summed E-state index contributed by atoms with van der Waals surface area (Å²) in [6.45, 7) is 5.55. The maximum absolute atomic E-state index is 12.2. The van der Waals surface area contributed by atoms with Crippen LogP contribution in [0.1, 0.15) is 32.3 Å². The molecule has 16 heavy (non-hydrogen) atoms. The van der Waals surface area contributed by atoms with Crippen molar-refractivity contribution in [1.29, 1.82) is 0 Å². The van der Waals surface area contributed by atoms with Gasteiger partial charge in [-0.25, -0.2) is 9.97 Å². The van der Waals surface area contributed by atoms with Crippen molar-refractivity contribution in [3.8, 4) is 0 Å². The highest BCUT2D eigenvalue weighted by Crippen LogP contribution is 2.25. The molecule has 0 fully saturated rings. The molecule has 0 aliphatic carbocycles. The molecule has 6 heteroatoms. The molecule has 1 rings (SSSR count). The molecule has 0 N–H and O–H groups in total. The van der Waals surface area contributed by atoms with E-state index in [9.17, 15) is 13.2 Å². The number of halogens is 4. The van der Waals surface area contributed by atoms with Gasteiger partial charge in [0.15, 0.2) is 0 Å². The summed E-state index contributed by atoms with van der Waals surface area (Å²) < 4.78 is 36.5. The lowest BCUT2D eigenvalue weighted by atomic mass is 9.92. The summed E-state index contributed by atoms with van der Waals surface area (Å²) >= 11 is 5.67. The highest BCUT2D eigenvalue weighted by Gasteiger charge is 2.30. The number of nitrogens with zero attached hydrogens (tertiary/aromatic N) is 2. The minimum absolute atomic E-state index is 0.0409. The highest BCUT2D eigenvalue weighted by atomic mass is 35.5. The summed E-state index contributed by atoms with van der Waals surface area (Å²) in [7, 11) is 0. The van der Waals surface area contributed by atoms with Gasteiger partial charge in [0, 0.05) is 5.41 Å². The molecule has 1 aromatic heterocycles. The number of rotatable bonds is 1. The SMILES string of the molecule is CC(C)(C)c1cc(Cl)nc(CC(F)(F)F)n1. The second-order valence-electron chi connectivity index (χ2n) is 4.53. The summed E-state index contributed by atoms with van der Waals surface area (Å²) in [6.07, 6.45) is -5.48. The Balaban J connectivity index is 3.09. The lowest BCUT2D eigenvalue weighted by Gasteiger charge is -2.18. The van der Waals surface area contributed by atoms with Gasteiger partial charge in [0.05, 0.1) is 5.69 Å². The predicted octanol–water partition coefficient (Wildman–Crippen LogP) is 3.53. The van der Waals surface area contributed by atoms with Gasteiger partial charge in [-0.1, -0.05) is 32.4 Å². The molecule has 1 aromatic rings. The van der Waals surface area contributed by atoms with Gasteiger partial charge in [0.2, 0.25) is 0 Å². The molecule has 0 aromatic carbocycles. The minimum Gasteiger partial charge on any atom is -0.237 e. The molecular formula is C10H12ClF3N2. The topological polar surface area (TPSA) is 25.8 Å². The molecule has 0 bridgehead atoms. The van der Waals surface area contributed by atoms with E-state index in [2.05, 4.69) is 9.97 Å². The van der Waals surface area contributed by atoms with E-state index < -0.39 is 12.6 Å². The molecular weight excluding hydrogens is 241 g/mol. The first-order valence-electron chi connectivity index (χ1n) is 4.68. The van der Waals surface area contributed by atoms with Gasteiger partial charge in [-0.3, -0.25) is 0 Å². The summed E-state index contributed by atoms with van der Waals surface area (Å²) in [4.78, 5) is 7.44. The van der Waals surface area contributed by atoms with Crippen molar-refractivity contribution in [2.24, 2.45) is 0 Å². The van der Waals surface area contributed by atoms with Crippen molar-refractivity contribution in [2.75, 3.05) is 0 Å². The average Bonchev–Trinajstić information content (AvgIpc) is 1.97. The van der Waals surface area contributed by atoms with Gasteiger partial charge in [0.25, 0.3) is 0 Å². The Morgan fingerprint density at radius 1 is 1.19 bits per heavy atom. The molecule has 0 aliphatic rings. The van der Waals surface area contributed by atoms with Crippen LogP contribution in [0.5, 0.6) is 0 Å². The smallest absolute Gasteiger partial charge is 0.237 e. The molecule has 0 saturated carbocycles. The van der Waals surface area contributed by atoms with Crippen LogP contribution in [0.3, 0.4) is 0 Å². The Bertz CT molecular complexity index is 383. The number of hydrogen-bond acceptors (Lipinski definition) is 2. The van der Waals surface area contributed by atoms with Gasteiger partial charge < -0.3 is 0 Å². The van der Waals surface area contributed by atoms with Crippen LogP contribution in [-0.4, -0.2) is 16.1 Å². The zero-order valence-electron chi connectivity index (χ0n) is 9.19. The summed E-state index contributed by atoms with van der Waals surface area (Å²) in [6, 6.07) is 1.49. The van der Waals surface area contributed by atoms with Crippen LogP contribution in [0.15, 0.2) is 6.07 Å². The maximum Gasteiger partial charge on any atom is 0.396 e. The minimum atomic E-state index is -4.32. The first-order chi connectivity index (χ1) is 7.08. The monoisotopic (exact) mass is 252 g/mol. The van der Waals surface area contributed by atoms with Crippen LogP contribution in [0.4, 0.5) is 13.2 Å². The second kappa shape index (κ2) is 4.20. The summed E-state index contributed by atoms with van der Waals surface area (Å²) in [5.41, 5.74) is 0.152. The molecule has 0 unspecified atom stereocenters. The van der Waals surface area contributed by atoms with E-state index in [1.165, 1.54) is 6.07 Å². The average molecular weight is 253 g/mol. The Kier molecular flexibility index (Phi) is 3.47. The van der Waals surface area contributed by atoms with Crippen molar-refractivity contribution in [3.63, 3.8) is 0 Å². The third-order valence-electron chi connectivity index (χ3n) is 1.87. The van der Waals surface area contributed by atoms with Crippen molar-refractivity contribution in [2.45, 2.75) is 38.8 Å². The lowest BCUT2D eigenvalue weighted by molar-refractivity contribution is -0.128. The van der Waals surface area contributed by atoms with Gasteiger partial charge >= 0.3 is 6.18 Å². The van der Waals surface area contributed by atoms with E-state index >= 15 is 0 Å². The Hall–Kier alpha value is -0.840. The first kappa shape index (κ1) is 13.2. The number of alkyl halides is 3. The Morgan fingerprint density at radius 2 is 1.75 bits per heavy atom. The van der Waals surface area contributed by atoms with Crippen LogP contribution in [-0.2, 0) is 11.8 Å². The standard InChI is InChI=1S/C10H12ClF3N2/c1-9(2,3)6-4-7(11)16-8(15-6)5-10(12,13)14/h4H,5H2,1-3H3. The molecule has 0 saturated heterocycles. The van der Waals surface area contributed by atoms with Crippen LogP contribution in [0.25, 0.3) is 0 Å². The van der Waals surface area contributed by atoms with Gasteiger partial charge in [-0.15, -0.1) is 0 Å². The van der Waals surface area contributed by atoms with E-state index in [-0.39, 0.29) is 16.4 Å². The molecule has 0 aliphatic heterocycles. The fraction of sp³-hybridized carbons (Fsp3) is 0.600. The third-order valence-corrected chi connectivity index (χ3v) is 2.06. The Morgan fingerprint density at radius 3 is 2.19 bits per heavy atom. The van der Waals surface area contributed by atoms with E-state index in [1.54, 1.807) is 0 Å². The van der Waals surface area contributed by atoms with Crippen LogP contribution < -0.4 is 0 Å². The van der Waals surface area contributed by atoms with Crippen LogP contribution >= 0.6 is 11.6 Å². The molecule has 0 amide bonds. The first-order valence-corrected chi connectivity index (χ1v) is 5.06. The normalized spacial score (nSPS) is 12.9. The summed E-state index contributed by atoms with van der Waals surface area (Å²) in [5.74, 6) is -0.287. The van der Waals surface area contributed by atoms with Gasteiger partial charge in [-0.05, 0) is 6.07 Å². The summed E-state index contributed by atoms with van der Waals surface area (Å²) in [5, 5.41) is 0.0409. The number of aromatic nitrogens is 2.